The van der Waals surface area contributed by atoms with Crippen LogP contribution in [0.15, 0.2) is 66.2 Å². The molecule has 4 rings (SSSR count). The summed E-state index contributed by atoms with van der Waals surface area (Å²) in [5.74, 6) is 0.510. The molecular weight excluding hydrogens is 438 g/mol. The number of aromatic nitrogens is 1. The van der Waals surface area contributed by atoms with E-state index in [1.807, 2.05) is 42.8 Å². The maximum absolute atomic E-state index is 13.3. The predicted molar refractivity (Wildman–Crippen MR) is 130 cm³/mol. The minimum absolute atomic E-state index is 0.283. The molecule has 4 aromatic rings. The van der Waals surface area contributed by atoms with Crippen LogP contribution in [0.1, 0.15) is 22.2 Å². The Hall–Kier alpha value is -3.78. The molecule has 1 atom stereocenters. The lowest BCUT2D eigenvalue weighted by Gasteiger charge is -2.19. The lowest BCUT2D eigenvalue weighted by atomic mass is 10.0. The van der Waals surface area contributed by atoms with Crippen molar-refractivity contribution >= 4 is 39.7 Å². The van der Waals surface area contributed by atoms with Gasteiger partial charge in [-0.05, 0) is 42.1 Å². The molecule has 0 saturated heterocycles. The number of nitrogens with one attached hydrogen (secondary N) is 3. The minimum atomic E-state index is -0.781. The topological polar surface area (TPSA) is 92.5 Å². The monoisotopic (exact) mass is 463 g/mol. The molecule has 170 valence electrons. The number of rotatable bonds is 9. The summed E-state index contributed by atoms with van der Waals surface area (Å²) < 4.78 is 10.9. The van der Waals surface area contributed by atoms with Crippen molar-refractivity contribution < 1.29 is 19.1 Å². The molecule has 2 aromatic heterocycles. The predicted octanol–water partition coefficient (Wildman–Crippen LogP) is 4.62. The number of carbonyl (C=O) groups excluding carboxylic acids is 2. The molecule has 2 heterocycles. The number of aromatic amines is 1. The van der Waals surface area contributed by atoms with Crippen molar-refractivity contribution in [3.8, 4) is 11.5 Å². The van der Waals surface area contributed by atoms with Gasteiger partial charge in [0.1, 0.15) is 6.04 Å². The van der Waals surface area contributed by atoms with Crippen LogP contribution in [0.3, 0.4) is 0 Å². The summed E-state index contributed by atoms with van der Waals surface area (Å²) in [6.07, 6.45) is 2.21. The van der Waals surface area contributed by atoms with E-state index in [4.69, 9.17) is 9.47 Å². The van der Waals surface area contributed by atoms with Crippen LogP contribution in [0.4, 0.5) is 5.69 Å². The van der Waals surface area contributed by atoms with E-state index < -0.39 is 6.04 Å². The Bertz CT molecular complexity index is 1250. The van der Waals surface area contributed by atoms with E-state index >= 15 is 0 Å². The molecule has 0 aliphatic carbocycles. The summed E-state index contributed by atoms with van der Waals surface area (Å²) in [6, 6.07) is 15.8. The Labute approximate surface area is 195 Å². The number of hydrogen-bond acceptors (Lipinski definition) is 5. The molecule has 0 unspecified atom stereocenters. The lowest BCUT2D eigenvalue weighted by Crippen LogP contribution is -2.45. The lowest BCUT2D eigenvalue weighted by molar-refractivity contribution is -0.118. The number of carbonyl (C=O) groups is 2. The summed E-state index contributed by atoms with van der Waals surface area (Å²) in [5.41, 5.74) is 2.48. The molecule has 3 N–H and O–H groups in total. The van der Waals surface area contributed by atoms with Crippen molar-refractivity contribution in [3.63, 3.8) is 0 Å². The van der Waals surface area contributed by atoms with Crippen LogP contribution in [0.5, 0.6) is 11.5 Å². The smallest absolute Gasteiger partial charge is 0.262 e. The van der Waals surface area contributed by atoms with Gasteiger partial charge in [-0.1, -0.05) is 24.3 Å². The average Bonchev–Trinajstić information content (AvgIpc) is 3.50. The number of fused-ring (bicyclic) bond motifs is 1. The van der Waals surface area contributed by atoms with Crippen LogP contribution >= 0.6 is 11.3 Å². The molecule has 8 heteroatoms. The fourth-order valence-corrected chi connectivity index (χ4v) is 4.24. The molecule has 0 aliphatic rings. The third kappa shape index (κ3) is 5.18. The third-order valence-electron chi connectivity index (χ3n) is 5.20. The van der Waals surface area contributed by atoms with Crippen molar-refractivity contribution in [2.24, 2.45) is 0 Å². The second-order valence-corrected chi connectivity index (χ2v) is 8.30. The van der Waals surface area contributed by atoms with Gasteiger partial charge in [-0.25, -0.2) is 0 Å². The number of thiophene rings is 1. The van der Waals surface area contributed by atoms with E-state index in [1.165, 1.54) is 11.3 Å². The van der Waals surface area contributed by atoms with Gasteiger partial charge in [0.05, 0.1) is 18.6 Å². The van der Waals surface area contributed by atoms with E-state index in [-0.39, 0.29) is 11.8 Å². The normalized spacial score (nSPS) is 11.7. The first-order valence-electron chi connectivity index (χ1n) is 10.6. The molecule has 0 fully saturated rings. The standard InChI is InChI=1S/C25H25N3O4S/c1-3-32-21-11-10-17(14-22(21)31-2)27-24(29)20(28-25(30)23-9-6-12-33-23)13-16-15-26-19-8-5-4-7-18(16)19/h4-12,14-15,20,26H,3,13H2,1-2H3,(H,27,29)(H,28,30)/t20-/m1/s1. The number of anilines is 1. The largest absolute Gasteiger partial charge is 0.493 e. The Balaban J connectivity index is 1.58. The zero-order valence-electron chi connectivity index (χ0n) is 18.4. The Kier molecular flexibility index (Phi) is 6.95. The number of para-hydroxylation sites is 1. The van der Waals surface area contributed by atoms with E-state index in [2.05, 4.69) is 15.6 Å². The summed E-state index contributed by atoms with van der Waals surface area (Å²) in [5, 5.41) is 8.64. The van der Waals surface area contributed by atoms with Crippen molar-refractivity contribution in [2.75, 3.05) is 19.0 Å². The highest BCUT2D eigenvalue weighted by molar-refractivity contribution is 7.12. The minimum Gasteiger partial charge on any atom is -0.493 e. The second kappa shape index (κ2) is 10.2. The van der Waals surface area contributed by atoms with Crippen LogP contribution in [0, 0.1) is 0 Å². The fraction of sp³-hybridized carbons (Fsp3) is 0.200. The van der Waals surface area contributed by atoms with Crippen molar-refractivity contribution in [1.82, 2.24) is 10.3 Å². The van der Waals surface area contributed by atoms with Crippen molar-refractivity contribution in [3.05, 3.63) is 76.6 Å². The first-order valence-corrected chi connectivity index (χ1v) is 11.5. The van der Waals surface area contributed by atoms with Crippen LogP contribution in [-0.4, -0.2) is 36.6 Å². The van der Waals surface area contributed by atoms with E-state index in [9.17, 15) is 9.59 Å². The maximum atomic E-state index is 13.3. The number of amides is 2. The van der Waals surface area contributed by atoms with Gasteiger partial charge in [-0.3, -0.25) is 9.59 Å². The molecule has 0 saturated carbocycles. The maximum Gasteiger partial charge on any atom is 0.262 e. The number of ether oxygens (including phenoxy) is 2. The van der Waals surface area contributed by atoms with E-state index in [0.717, 1.165) is 16.5 Å². The van der Waals surface area contributed by atoms with Crippen LogP contribution in [-0.2, 0) is 11.2 Å². The summed E-state index contributed by atoms with van der Waals surface area (Å²) >= 11 is 1.33. The molecular formula is C25H25N3O4S. The summed E-state index contributed by atoms with van der Waals surface area (Å²) in [6.45, 7) is 2.39. The zero-order valence-corrected chi connectivity index (χ0v) is 19.2. The van der Waals surface area contributed by atoms with Gasteiger partial charge in [-0.15, -0.1) is 11.3 Å². The van der Waals surface area contributed by atoms with Crippen LogP contribution in [0.25, 0.3) is 10.9 Å². The van der Waals surface area contributed by atoms with Crippen LogP contribution in [0.2, 0.25) is 0 Å². The summed E-state index contributed by atoms with van der Waals surface area (Å²) in [7, 11) is 1.55. The van der Waals surface area contributed by atoms with Gasteiger partial charge < -0.3 is 25.1 Å². The van der Waals surface area contributed by atoms with Gasteiger partial charge in [0.2, 0.25) is 5.91 Å². The summed E-state index contributed by atoms with van der Waals surface area (Å²) in [4.78, 5) is 29.8. The molecule has 0 bridgehead atoms. The van der Waals surface area contributed by atoms with Crippen molar-refractivity contribution in [2.45, 2.75) is 19.4 Å². The second-order valence-electron chi connectivity index (χ2n) is 7.35. The molecule has 0 radical (unpaired) electrons. The van der Waals surface area contributed by atoms with E-state index in [0.29, 0.717) is 35.1 Å². The number of hydrogen-bond donors (Lipinski definition) is 3. The van der Waals surface area contributed by atoms with Crippen molar-refractivity contribution in [1.29, 1.82) is 0 Å². The highest BCUT2D eigenvalue weighted by Crippen LogP contribution is 2.30. The number of H-pyrrole nitrogens is 1. The first-order chi connectivity index (χ1) is 16.1. The zero-order chi connectivity index (χ0) is 23.2. The highest BCUT2D eigenvalue weighted by Gasteiger charge is 2.24. The molecule has 0 spiro atoms. The average molecular weight is 464 g/mol. The fourth-order valence-electron chi connectivity index (χ4n) is 3.62. The molecule has 2 aromatic carbocycles. The highest BCUT2D eigenvalue weighted by atomic mass is 32.1. The van der Waals surface area contributed by atoms with Gasteiger partial charge >= 0.3 is 0 Å². The molecule has 33 heavy (non-hydrogen) atoms. The van der Waals surface area contributed by atoms with Gasteiger partial charge in [0.15, 0.2) is 11.5 Å². The quantitative estimate of drug-likeness (QED) is 0.338. The Morgan fingerprint density at radius 2 is 1.94 bits per heavy atom. The molecule has 2 amide bonds. The first kappa shape index (κ1) is 22.4. The van der Waals surface area contributed by atoms with Gasteiger partial charge in [-0.2, -0.15) is 0 Å². The Morgan fingerprint density at radius 1 is 1.09 bits per heavy atom. The number of benzene rings is 2. The Morgan fingerprint density at radius 3 is 2.70 bits per heavy atom. The van der Waals surface area contributed by atoms with Gasteiger partial charge in [0.25, 0.3) is 5.91 Å². The third-order valence-corrected chi connectivity index (χ3v) is 6.07. The molecule has 7 nitrogen and oxygen atoms in total. The van der Waals surface area contributed by atoms with Crippen LogP contribution < -0.4 is 20.1 Å². The number of methoxy groups -OCH3 is 1. The van der Waals surface area contributed by atoms with Gasteiger partial charge in [0, 0.05) is 35.3 Å². The SMILES string of the molecule is CCOc1ccc(NC(=O)[C@@H](Cc2c[nH]c3ccccc23)NC(=O)c2cccs2)cc1OC. The molecule has 0 aliphatic heterocycles. The van der Waals surface area contributed by atoms with E-state index in [1.54, 1.807) is 37.4 Å².